The van der Waals surface area contributed by atoms with Crippen molar-refractivity contribution in [2.24, 2.45) is 0 Å². The van der Waals surface area contributed by atoms with Crippen molar-refractivity contribution in [3.05, 3.63) is 52.5 Å². The van der Waals surface area contributed by atoms with E-state index in [0.717, 1.165) is 10.0 Å². The first kappa shape index (κ1) is 14.4. The van der Waals surface area contributed by atoms with Crippen LogP contribution in [0.2, 0.25) is 0 Å². The summed E-state index contributed by atoms with van der Waals surface area (Å²) in [5, 5.41) is 2.83. The number of halogens is 1. The molecular weight excluding hydrogens is 320 g/mol. The molecule has 0 saturated carbocycles. The Morgan fingerprint density at radius 3 is 2.75 bits per heavy atom. The molecule has 5 heteroatoms. The van der Waals surface area contributed by atoms with E-state index in [-0.39, 0.29) is 12.3 Å². The SMILES string of the molecule is COc1cc(Br)cc(NC(=O)Cc2ccccc2N)c1. The van der Waals surface area contributed by atoms with Gasteiger partial charge in [0.2, 0.25) is 5.91 Å². The number of nitrogens with one attached hydrogen (secondary N) is 1. The molecule has 0 radical (unpaired) electrons. The van der Waals surface area contributed by atoms with E-state index in [1.807, 2.05) is 30.3 Å². The molecule has 0 fully saturated rings. The lowest BCUT2D eigenvalue weighted by Gasteiger charge is -2.09. The number of rotatable bonds is 4. The Kier molecular flexibility index (Phi) is 4.63. The number of hydrogen-bond donors (Lipinski definition) is 2. The molecule has 3 N–H and O–H groups in total. The molecule has 0 heterocycles. The highest BCUT2D eigenvalue weighted by molar-refractivity contribution is 9.10. The average Bonchev–Trinajstić information content (AvgIpc) is 2.40. The third kappa shape index (κ3) is 3.74. The van der Waals surface area contributed by atoms with Crippen LogP contribution in [-0.2, 0) is 11.2 Å². The van der Waals surface area contributed by atoms with Gasteiger partial charge in [-0.3, -0.25) is 4.79 Å². The maximum atomic E-state index is 12.0. The lowest BCUT2D eigenvalue weighted by molar-refractivity contribution is -0.115. The zero-order valence-corrected chi connectivity index (χ0v) is 12.6. The zero-order valence-electron chi connectivity index (χ0n) is 11.0. The average molecular weight is 335 g/mol. The van der Waals surface area contributed by atoms with Crippen LogP contribution in [0.1, 0.15) is 5.56 Å². The fourth-order valence-electron chi connectivity index (χ4n) is 1.83. The van der Waals surface area contributed by atoms with E-state index >= 15 is 0 Å². The van der Waals surface area contributed by atoms with Crippen LogP contribution in [-0.4, -0.2) is 13.0 Å². The van der Waals surface area contributed by atoms with E-state index in [0.29, 0.717) is 17.1 Å². The minimum absolute atomic E-state index is 0.122. The molecule has 20 heavy (non-hydrogen) atoms. The summed E-state index contributed by atoms with van der Waals surface area (Å²) in [6, 6.07) is 12.7. The number of carbonyl (C=O) groups excluding carboxylic acids is 1. The van der Waals surface area contributed by atoms with Crippen molar-refractivity contribution in [1.82, 2.24) is 0 Å². The van der Waals surface area contributed by atoms with Crippen LogP contribution < -0.4 is 15.8 Å². The first-order valence-corrected chi connectivity index (χ1v) is 6.85. The van der Waals surface area contributed by atoms with Crippen molar-refractivity contribution in [3.63, 3.8) is 0 Å². The maximum absolute atomic E-state index is 12.0. The molecule has 4 nitrogen and oxygen atoms in total. The van der Waals surface area contributed by atoms with E-state index in [1.54, 1.807) is 19.2 Å². The quantitative estimate of drug-likeness (QED) is 0.843. The number of amides is 1. The van der Waals surface area contributed by atoms with Crippen molar-refractivity contribution in [2.45, 2.75) is 6.42 Å². The third-order valence-electron chi connectivity index (χ3n) is 2.80. The molecule has 0 aliphatic carbocycles. The van der Waals surface area contributed by atoms with Crippen molar-refractivity contribution in [3.8, 4) is 5.75 Å². The molecule has 0 unspecified atom stereocenters. The highest BCUT2D eigenvalue weighted by atomic mass is 79.9. The Bertz CT molecular complexity index is 629. The Labute approximate surface area is 126 Å². The smallest absolute Gasteiger partial charge is 0.228 e. The van der Waals surface area contributed by atoms with Gasteiger partial charge in [0, 0.05) is 21.9 Å². The Morgan fingerprint density at radius 1 is 1.30 bits per heavy atom. The highest BCUT2D eigenvalue weighted by Crippen LogP contribution is 2.24. The van der Waals surface area contributed by atoms with Gasteiger partial charge < -0.3 is 15.8 Å². The van der Waals surface area contributed by atoms with Gasteiger partial charge in [0.25, 0.3) is 0 Å². The minimum atomic E-state index is -0.122. The molecule has 0 saturated heterocycles. The van der Waals surface area contributed by atoms with Crippen molar-refractivity contribution >= 4 is 33.2 Å². The second-order valence-electron chi connectivity index (χ2n) is 4.30. The fraction of sp³-hybridized carbons (Fsp3) is 0.133. The zero-order chi connectivity index (χ0) is 14.5. The van der Waals surface area contributed by atoms with Gasteiger partial charge in [-0.25, -0.2) is 0 Å². The van der Waals surface area contributed by atoms with E-state index in [1.165, 1.54) is 0 Å². The van der Waals surface area contributed by atoms with Gasteiger partial charge in [0.05, 0.1) is 13.5 Å². The first-order chi connectivity index (χ1) is 9.58. The largest absolute Gasteiger partial charge is 0.497 e. The monoisotopic (exact) mass is 334 g/mol. The number of carbonyl (C=O) groups is 1. The molecule has 0 atom stereocenters. The van der Waals surface area contributed by atoms with Gasteiger partial charge in [0.1, 0.15) is 5.75 Å². The standard InChI is InChI=1S/C15H15BrN2O2/c1-20-13-8-11(16)7-12(9-13)18-15(19)6-10-4-2-3-5-14(10)17/h2-5,7-9H,6,17H2,1H3,(H,18,19). The van der Waals surface area contributed by atoms with Crippen molar-refractivity contribution in [2.75, 3.05) is 18.2 Å². The molecule has 1 amide bonds. The number of nitrogen functional groups attached to an aromatic ring is 1. The summed E-state index contributed by atoms with van der Waals surface area (Å²) in [5.74, 6) is 0.553. The number of para-hydroxylation sites is 1. The van der Waals surface area contributed by atoms with E-state index < -0.39 is 0 Å². The lowest BCUT2D eigenvalue weighted by atomic mass is 10.1. The van der Waals surface area contributed by atoms with Gasteiger partial charge in [-0.05, 0) is 23.8 Å². The van der Waals surface area contributed by atoms with Crippen molar-refractivity contribution in [1.29, 1.82) is 0 Å². The number of hydrogen-bond acceptors (Lipinski definition) is 3. The molecule has 104 valence electrons. The van der Waals surface area contributed by atoms with Crippen LogP contribution >= 0.6 is 15.9 Å². The number of nitrogens with two attached hydrogens (primary N) is 1. The normalized spacial score (nSPS) is 10.1. The van der Waals surface area contributed by atoms with Crippen LogP contribution in [0.5, 0.6) is 5.75 Å². The topological polar surface area (TPSA) is 64.3 Å². The highest BCUT2D eigenvalue weighted by Gasteiger charge is 2.08. The van der Waals surface area contributed by atoms with E-state index in [9.17, 15) is 4.79 Å². The lowest BCUT2D eigenvalue weighted by Crippen LogP contribution is -2.15. The second kappa shape index (κ2) is 6.43. The molecule has 2 aromatic rings. The van der Waals surface area contributed by atoms with E-state index in [2.05, 4.69) is 21.2 Å². The fourth-order valence-corrected chi connectivity index (χ4v) is 2.30. The summed E-state index contributed by atoms with van der Waals surface area (Å²) in [4.78, 5) is 12.0. The summed E-state index contributed by atoms with van der Waals surface area (Å²) in [6.07, 6.45) is 0.238. The first-order valence-electron chi connectivity index (χ1n) is 6.06. The Morgan fingerprint density at radius 2 is 2.05 bits per heavy atom. The summed E-state index contributed by atoms with van der Waals surface area (Å²) >= 11 is 3.37. The molecule has 0 aliphatic rings. The van der Waals surface area contributed by atoms with Crippen LogP contribution in [0.15, 0.2) is 46.9 Å². The van der Waals surface area contributed by atoms with Gasteiger partial charge in [0.15, 0.2) is 0 Å². The Balaban J connectivity index is 2.08. The van der Waals surface area contributed by atoms with Gasteiger partial charge in [-0.15, -0.1) is 0 Å². The summed E-state index contributed by atoms with van der Waals surface area (Å²) in [7, 11) is 1.58. The number of benzene rings is 2. The third-order valence-corrected chi connectivity index (χ3v) is 3.25. The minimum Gasteiger partial charge on any atom is -0.497 e. The summed E-state index contributed by atoms with van der Waals surface area (Å²) in [5.41, 5.74) is 7.93. The van der Waals surface area contributed by atoms with Crippen LogP contribution in [0.4, 0.5) is 11.4 Å². The molecule has 2 rings (SSSR count). The summed E-state index contributed by atoms with van der Waals surface area (Å²) in [6.45, 7) is 0. The van der Waals surface area contributed by atoms with Gasteiger partial charge in [-0.2, -0.15) is 0 Å². The molecule has 0 spiro atoms. The molecule has 0 bridgehead atoms. The van der Waals surface area contributed by atoms with Gasteiger partial charge in [-0.1, -0.05) is 34.1 Å². The van der Waals surface area contributed by atoms with E-state index in [4.69, 9.17) is 10.5 Å². The predicted molar refractivity (Wildman–Crippen MR) is 83.9 cm³/mol. The molecule has 0 aromatic heterocycles. The predicted octanol–water partition coefficient (Wildman–Crippen LogP) is 3.22. The number of methoxy groups -OCH3 is 1. The maximum Gasteiger partial charge on any atom is 0.228 e. The number of anilines is 2. The van der Waals surface area contributed by atoms with Crippen LogP contribution in [0, 0.1) is 0 Å². The second-order valence-corrected chi connectivity index (χ2v) is 5.22. The van der Waals surface area contributed by atoms with Crippen LogP contribution in [0.25, 0.3) is 0 Å². The van der Waals surface area contributed by atoms with Crippen LogP contribution in [0.3, 0.4) is 0 Å². The van der Waals surface area contributed by atoms with Crippen molar-refractivity contribution < 1.29 is 9.53 Å². The molecular formula is C15H15BrN2O2. The van der Waals surface area contributed by atoms with Gasteiger partial charge >= 0.3 is 0 Å². The summed E-state index contributed by atoms with van der Waals surface area (Å²) < 4.78 is 5.99. The molecule has 2 aromatic carbocycles. The Hall–Kier alpha value is -2.01. The molecule has 0 aliphatic heterocycles. The number of ether oxygens (including phenoxy) is 1.